The van der Waals surface area contributed by atoms with Gasteiger partial charge in [-0.15, -0.1) is 0 Å². The van der Waals surface area contributed by atoms with Gasteiger partial charge in [-0.25, -0.2) is 0 Å². The van der Waals surface area contributed by atoms with Crippen molar-refractivity contribution < 1.29 is 0 Å². The summed E-state index contributed by atoms with van der Waals surface area (Å²) >= 11 is 0. The Balaban J connectivity index is 1.74. The molecule has 0 amide bonds. The molecule has 3 saturated carbocycles. The predicted molar refractivity (Wildman–Crippen MR) is 138 cm³/mol. The first-order chi connectivity index (χ1) is 15.4. The average Bonchev–Trinajstić information content (AvgIpc) is 2.81. The van der Waals surface area contributed by atoms with Crippen LogP contribution in [0.5, 0.6) is 0 Å². The highest BCUT2D eigenvalue weighted by atomic mass is 14.4. The Morgan fingerprint density at radius 1 is 0.226 bits per heavy atom. The molecule has 3 aliphatic carbocycles. The Hall–Kier alpha value is 0. The van der Waals surface area contributed by atoms with Crippen molar-refractivity contribution in [3.63, 3.8) is 0 Å². The summed E-state index contributed by atoms with van der Waals surface area (Å²) in [6.45, 7) is 0. The first-order valence-electron chi connectivity index (χ1n) is 15.3. The van der Waals surface area contributed by atoms with E-state index < -0.39 is 0 Å². The fourth-order valence-corrected chi connectivity index (χ4v) is 7.43. The SMILES string of the molecule is C1CCCCC([C](C2CCCCCCCCC2)C2CCCCCCCCC2)CCCC1. The van der Waals surface area contributed by atoms with Gasteiger partial charge in [-0.1, -0.05) is 135 Å². The molecule has 0 nitrogen and oxygen atoms in total. The molecule has 0 saturated heterocycles. The molecule has 0 bridgehead atoms. The first kappa shape index (κ1) is 25.6. The van der Waals surface area contributed by atoms with Crippen LogP contribution in [0.15, 0.2) is 0 Å². The van der Waals surface area contributed by atoms with Crippen molar-refractivity contribution in [3.05, 3.63) is 5.92 Å². The van der Waals surface area contributed by atoms with Crippen LogP contribution < -0.4 is 0 Å². The molecular weight excluding hydrogens is 372 g/mol. The van der Waals surface area contributed by atoms with Crippen LogP contribution in [-0.2, 0) is 0 Å². The Kier molecular flexibility index (Phi) is 13.7. The lowest BCUT2D eigenvalue weighted by Crippen LogP contribution is -2.30. The maximum absolute atomic E-state index is 2.17. The molecule has 1 radical (unpaired) electrons. The summed E-state index contributed by atoms with van der Waals surface area (Å²) in [5.74, 6) is 5.12. The van der Waals surface area contributed by atoms with Gasteiger partial charge < -0.3 is 0 Å². The van der Waals surface area contributed by atoms with Crippen LogP contribution in [0.4, 0.5) is 0 Å². The maximum Gasteiger partial charge on any atom is -0.0148 e. The van der Waals surface area contributed by atoms with Gasteiger partial charge in [-0.3, -0.25) is 0 Å². The highest BCUT2D eigenvalue weighted by Gasteiger charge is 2.35. The first-order valence-corrected chi connectivity index (χ1v) is 15.3. The van der Waals surface area contributed by atoms with Crippen molar-refractivity contribution in [3.8, 4) is 0 Å². The zero-order valence-corrected chi connectivity index (χ0v) is 21.3. The van der Waals surface area contributed by atoms with E-state index in [1.807, 2.05) is 0 Å². The fraction of sp³-hybridized carbons (Fsp3) is 0.968. The second-order valence-electron chi connectivity index (χ2n) is 11.7. The Morgan fingerprint density at radius 3 is 0.581 bits per heavy atom. The summed E-state index contributed by atoms with van der Waals surface area (Å²) in [5, 5.41) is 0. The molecule has 0 spiro atoms. The van der Waals surface area contributed by atoms with Gasteiger partial charge in [-0.2, -0.15) is 0 Å². The van der Waals surface area contributed by atoms with E-state index in [-0.39, 0.29) is 0 Å². The van der Waals surface area contributed by atoms with Crippen molar-refractivity contribution >= 4 is 0 Å². The molecule has 0 heterocycles. The average molecular weight is 430 g/mol. The highest BCUT2D eigenvalue weighted by molar-refractivity contribution is 5.07. The normalized spacial score (nSPS) is 27.0. The predicted octanol–water partition coefficient (Wildman–Crippen LogP) is 11.0. The summed E-state index contributed by atoms with van der Waals surface area (Å²) < 4.78 is 0. The van der Waals surface area contributed by atoms with Crippen LogP contribution in [0.2, 0.25) is 0 Å². The van der Waals surface area contributed by atoms with E-state index in [9.17, 15) is 0 Å². The molecule has 0 aliphatic heterocycles. The molecule has 31 heavy (non-hydrogen) atoms. The second kappa shape index (κ2) is 16.6. The summed E-state index contributed by atoms with van der Waals surface area (Å²) in [6, 6.07) is 0. The lowest BCUT2D eigenvalue weighted by molar-refractivity contribution is 0.232. The highest BCUT2D eigenvalue weighted by Crippen LogP contribution is 2.46. The van der Waals surface area contributed by atoms with Crippen molar-refractivity contribution in [2.75, 3.05) is 0 Å². The van der Waals surface area contributed by atoms with Gasteiger partial charge >= 0.3 is 0 Å². The molecule has 3 aliphatic rings. The Labute approximate surface area is 197 Å². The van der Waals surface area contributed by atoms with Crippen LogP contribution in [-0.4, -0.2) is 0 Å². The van der Waals surface area contributed by atoms with Crippen molar-refractivity contribution in [2.45, 2.75) is 173 Å². The largest absolute Gasteiger partial charge is 0.0533 e. The van der Waals surface area contributed by atoms with Crippen molar-refractivity contribution in [1.82, 2.24) is 0 Å². The van der Waals surface area contributed by atoms with E-state index in [1.165, 1.54) is 135 Å². The molecule has 0 N–H and O–H groups in total. The third-order valence-corrected chi connectivity index (χ3v) is 9.23. The topological polar surface area (TPSA) is 0 Å². The van der Waals surface area contributed by atoms with Gasteiger partial charge in [0.25, 0.3) is 0 Å². The quantitative estimate of drug-likeness (QED) is 0.418. The minimum atomic E-state index is 0.985. The molecule has 0 aromatic carbocycles. The Morgan fingerprint density at radius 2 is 0.387 bits per heavy atom. The summed E-state index contributed by atoms with van der Waals surface area (Å²) in [4.78, 5) is 0. The van der Waals surface area contributed by atoms with E-state index in [0.717, 1.165) is 17.8 Å². The van der Waals surface area contributed by atoms with Gasteiger partial charge in [0, 0.05) is 0 Å². The van der Waals surface area contributed by atoms with E-state index in [0.29, 0.717) is 0 Å². The van der Waals surface area contributed by atoms with Gasteiger partial charge in [-0.05, 0) is 62.2 Å². The smallest absolute Gasteiger partial charge is 0.0148 e. The lowest BCUT2D eigenvalue weighted by Gasteiger charge is -2.41. The van der Waals surface area contributed by atoms with Crippen molar-refractivity contribution in [2.24, 2.45) is 17.8 Å². The van der Waals surface area contributed by atoms with Crippen molar-refractivity contribution in [1.29, 1.82) is 0 Å². The fourth-order valence-electron chi connectivity index (χ4n) is 7.43. The number of rotatable bonds is 3. The monoisotopic (exact) mass is 429 g/mol. The van der Waals surface area contributed by atoms with Crippen LogP contribution in [0.1, 0.15) is 173 Å². The third kappa shape index (κ3) is 10.2. The minimum Gasteiger partial charge on any atom is -0.0533 e. The molecule has 3 rings (SSSR count). The molecular formula is C31H57. The number of hydrogen-bond acceptors (Lipinski definition) is 0. The lowest BCUT2D eigenvalue weighted by atomic mass is 9.64. The molecule has 0 aromatic heterocycles. The third-order valence-electron chi connectivity index (χ3n) is 9.23. The van der Waals surface area contributed by atoms with Gasteiger partial charge in [0.05, 0.1) is 0 Å². The van der Waals surface area contributed by atoms with E-state index in [4.69, 9.17) is 0 Å². The molecule has 181 valence electrons. The van der Waals surface area contributed by atoms with E-state index >= 15 is 0 Å². The molecule has 0 aromatic rings. The van der Waals surface area contributed by atoms with Crippen LogP contribution in [0.25, 0.3) is 0 Å². The van der Waals surface area contributed by atoms with Crippen LogP contribution in [0, 0.1) is 23.7 Å². The summed E-state index contributed by atoms with van der Waals surface area (Å²) in [6.07, 6.45) is 41.0. The molecule has 3 fully saturated rings. The maximum atomic E-state index is 2.17. The summed E-state index contributed by atoms with van der Waals surface area (Å²) in [5.41, 5.74) is 0. The van der Waals surface area contributed by atoms with Gasteiger partial charge in [0.2, 0.25) is 0 Å². The molecule has 0 heteroatoms. The zero-order valence-electron chi connectivity index (χ0n) is 21.3. The summed E-state index contributed by atoms with van der Waals surface area (Å²) in [7, 11) is 0. The molecule has 0 unspecified atom stereocenters. The number of hydrogen-bond donors (Lipinski definition) is 0. The van der Waals surface area contributed by atoms with E-state index in [1.54, 1.807) is 38.5 Å². The standard InChI is InChI=1S/C31H57/c1-4-10-16-22-28(23-17-11-5-1)31(29-24-18-12-6-2-7-13-19-25-29)30-26-20-14-8-3-9-15-21-27-30/h28-30H,1-27H2. The van der Waals surface area contributed by atoms with E-state index in [2.05, 4.69) is 5.92 Å². The van der Waals surface area contributed by atoms with Crippen LogP contribution >= 0.6 is 0 Å². The zero-order chi connectivity index (χ0) is 21.4. The molecule has 0 atom stereocenters. The van der Waals surface area contributed by atoms with Gasteiger partial charge in [0.15, 0.2) is 0 Å². The van der Waals surface area contributed by atoms with Gasteiger partial charge in [0.1, 0.15) is 0 Å². The minimum absolute atomic E-state index is 0.985. The second-order valence-corrected chi connectivity index (χ2v) is 11.7. The Bertz CT molecular complexity index is 320. The van der Waals surface area contributed by atoms with Crippen LogP contribution in [0.3, 0.4) is 0 Å².